The molecule has 3 aromatic carbocycles. The molecule has 1 aromatic heterocycles. The van der Waals surface area contributed by atoms with Crippen molar-refractivity contribution in [2.45, 2.75) is 11.8 Å². The molecular weight excluding hydrogens is 402 g/mol. The van der Waals surface area contributed by atoms with Crippen LogP contribution in [-0.2, 0) is 11.4 Å². The summed E-state index contributed by atoms with van der Waals surface area (Å²) >= 11 is 1.18. The molecule has 0 radical (unpaired) electrons. The van der Waals surface area contributed by atoms with E-state index in [1.807, 2.05) is 42.5 Å². The molecule has 1 amide bonds. The number of nitrogens with one attached hydrogen (secondary N) is 1. The predicted octanol–water partition coefficient (Wildman–Crippen LogP) is 4.54. The minimum atomic E-state index is -0.148. The number of carbonyl (C=O) groups is 1. The van der Waals surface area contributed by atoms with Crippen LogP contribution in [0.1, 0.15) is 5.89 Å². The largest absolute Gasteiger partial charge is 0.497 e. The molecule has 0 atom stereocenters. The lowest BCUT2D eigenvalue weighted by Gasteiger charge is -2.07. The number of fused-ring (bicyclic) bond motifs is 1. The van der Waals surface area contributed by atoms with Crippen LogP contribution in [-0.4, -0.2) is 29.0 Å². The van der Waals surface area contributed by atoms with E-state index in [1.54, 1.807) is 31.4 Å². The molecule has 152 valence electrons. The minimum absolute atomic E-state index is 0.141. The van der Waals surface area contributed by atoms with Gasteiger partial charge < -0.3 is 19.2 Å². The molecule has 0 aliphatic carbocycles. The number of amides is 1. The predicted molar refractivity (Wildman–Crippen MR) is 115 cm³/mol. The monoisotopic (exact) mass is 421 g/mol. The lowest BCUT2D eigenvalue weighted by Crippen LogP contribution is -2.14. The highest BCUT2D eigenvalue weighted by atomic mass is 32.2. The molecule has 0 spiro atoms. The second kappa shape index (κ2) is 9.32. The SMILES string of the molecule is COc1ccc(OCc2nnc(SCC(=O)Nc3cccc4ccccc34)o2)cc1. The second-order valence-electron chi connectivity index (χ2n) is 6.29. The van der Waals surface area contributed by atoms with Crippen molar-refractivity contribution in [1.29, 1.82) is 0 Å². The summed E-state index contributed by atoms with van der Waals surface area (Å²) in [5.74, 6) is 1.76. The molecule has 0 unspecified atom stereocenters. The Bertz CT molecular complexity index is 1140. The molecule has 1 N–H and O–H groups in total. The van der Waals surface area contributed by atoms with Crippen molar-refractivity contribution in [2.75, 3.05) is 18.2 Å². The minimum Gasteiger partial charge on any atom is -0.497 e. The zero-order valence-electron chi connectivity index (χ0n) is 16.2. The Kier molecular flexibility index (Phi) is 6.14. The van der Waals surface area contributed by atoms with Gasteiger partial charge in [-0.25, -0.2) is 0 Å². The number of carbonyl (C=O) groups excluding carboxylic acids is 1. The van der Waals surface area contributed by atoms with Gasteiger partial charge in [0.1, 0.15) is 11.5 Å². The number of hydrogen-bond acceptors (Lipinski definition) is 7. The van der Waals surface area contributed by atoms with Gasteiger partial charge in [0.05, 0.1) is 12.9 Å². The van der Waals surface area contributed by atoms with Crippen molar-refractivity contribution in [2.24, 2.45) is 0 Å². The molecule has 8 heteroatoms. The van der Waals surface area contributed by atoms with Crippen LogP contribution in [0.2, 0.25) is 0 Å². The smallest absolute Gasteiger partial charge is 0.277 e. The fraction of sp³-hybridized carbons (Fsp3) is 0.136. The third-order valence-corrected chi connectivity index (χ3v) is 5.08. The normalized spacial score (nSPS) is 10.7. The first kappa shape index (κ1) is 19.8. The number of thioether (sulfide) groups is 1. The van der Waals surface area contributed by atoms with E-state index >= 15 is 0 Å². The van der Waals surface area contributed by atoms with Crippen LogP contribution in [0.15, 0.2) is 76.4 Å². The van der Waals surface area contributed by atoms with E-state index in [-0.39, 0.29) is 18.3 Å². The summed E-state index contributed by atoms with van der Waals surface area (Å²) < 4.78 is 16.3. The summed E-state index contributed by atoms with van der Waals surface area (Å²) in [5, 5.41) is 13.2. The lowest BCUT2D eigenvalue weighted by molar-refractivity contribution is -0.113. The molecule has 4 rings (SSSR count). The van der Waals surface area contributed by atoms with E-state index in [9.17, 15) is 4.79 Å². The Hall–Kier alpha value is -3.52. The molecule has 1 heterocycles. The summed E-state index contributed by atoms with van der Waals surface area (Å²) in [4.78, 5) is 12.3. The summed E-state index contributed by atoms with van der Waals surface area (Å²) in [7, 11) is 1.61. The van der Waals surface area contributed by atoms with Crippen molar-refractivity contribution in [3.8, 4) is 11.5 Å². The Balaban J connectivity index is 1.29. The van der Waals surface area contributed by atoms with Gasteiger partial charge in [-0.1, -0.05) is 48.2 Å². The summed E-state index contributed by atoms with van der Waals surface area (Å²) in [6.07, 6.45) is 0. The van der Waals surface area contributed by atoms with E-state index in [2.05, 4.69) is 15.5 Å². The highest BCUT2D eigenvalue weighted by molar-refractivity contribution is 7.99. The molecule has 0 saturated heterocycles. The third kappa shape index (κ3) is 4.90. The average molecular weight is 421 g/mol. The van der Waals surface area contributed by atoms with Crippen LogP contribution in [0.5, 0.6) is 11.5 Å². The summed E-state index contributed by atoms with van der Waals surface area (Å²) in [6.45, 7) is 0.141. The molecule has 0 saturated carbocycles. The molecule has 4 aromatic rings. The first-order chi connectivity index (χ1) is 14.7. The van der Waals surface area contributed by atoms with Gasteiger partial charge in [0, 0.05) is 11.1 Å². The van der Waals surface area contributed by atoms with E-state index in [4.69, 9.17) is 13.9 Å². The Morgan fingerprint density at radius 3 is 2.60 bits per heavy atom. The van der Waals surface area contributed by atoms with Crippen molar-refractivity contribution < 1.29 is 18.7 Å². The first-order valence-corrected chi connectivity index (χ1v) is 10.2. The molecule has 30 heavy (non-hydrogen) atoms. The molecule has 0 fully saturated rings. The maximum absolute atomic E-state index is 12.3. The van der Waals surface area contributed by atoms with Crippen LogP contribution >= 0.6 is 11.8 Å². The van der Waals surface area contributed by atoms with E-state index in [1.165, 1.54) is 11.8 Å². The highest BCUT2D eigenvalue weighted by Gasteiger charge is 2.11. The third-order valence-electron chi connectivity index (χ3n) is 4.26. The van der Waals surface area contributed by atoms with Gasteiger partial charge in [0.25, 0.3) is 11.1 Å². The van der Waals surface area contributed by atoms with Gasteiger partial charge in [-0.15, -0.1) is 10.2 Å². The molecule has 0 aliphatic rings. The number of ether oxygens (including phenoxy) is 2. The van der Waals surface area contributed by atoms with E-state index in [0.29, 0.717) is 16.9 Å². The lowest BCUT2D eigenvalue weighted by atomic mass is 10.1. The Morgan fingerprint density at radius 1 is 1.00 bits per heavy atom. The average Bonchev–Trinajstić information content (AvgIpc) is 3.25. The van der Waals surface area contributed by atoms with Crippen molar-refractivity contribution in [1.82, 2.24) is 10.2 Å². The number of rotatable bonds is 8. The van der Waals surface area contributed by atoms with E-state index in [0.717, 1.165) is 22.2 Å². The van der Waals surface area contributed by atoms with Crippen LogP contribution in [0, 0.1) is 0 Å². The van der Waals surface area contributed by atoms with Gasteiger partial charge in [0.15, 0.2) is 6.61 Å². The quantitative estimate of drug-likeness (QED) is 0.418. The van der Waals surface area contributed by atoms with Crippen molar-refractivity contribution >= 4 is 34.1 Å². The number of methoxy groups -OCH3 is 1. The second-order valence-corrected chi connectivity index (χ2v) is 7.22. The fourth-order valence-corrected chi connectivity index (χ4v) is 3.40. The number of anilines is 1. The number of benzene rings is 3. The van der Waals surface area contributed by atoms with Crippen molar-refractivity contribution in [3.05, 3.63) is 72.6 Å². The van der Waals surface area contributed by atoms with Crippen LogP contribution in [0.4, 0.5) is 5.69 Å². The number of aromatic nitrogens is 2. The highest BCUT2D eigenvalue weighted by Crippen LogP contribution is 2.24. The van der Waals surface area contributed by atoms with Gasteiger partial charge in [-0.3, -0.25) is 4.79 Å². The maximum atomic E-state index is 12.3. The first-order valence-electron chi connectivity index (χ1n) is 9.21. The van der Waals surface area contributed by atoms with Crippen molar-refractivity contribution in [3.63, 3.8) is 0 Å². The number of nitrogens with zero attached hydrogens (tertiary/aromatic N) is 2. The molecular formula is C22H19N3O4S. The Labute approximate surface area is 177 Å². The van der Waals surface area contributed by atoms with Crippen LogP contribution < -0.4 is 14.8 Å². The maximum Gasteiger partial charge on any atom is 0.277 e. The Morgan fingerprint density at radius 2 is 1.77 bits per heavy atom. The van der Waals surface area contributed by atoms with E-state index < -0.39 is 0 Å². The van der Waals surface area contributed by atoms with Gasteiger partial charge in [-0.05, 0) is 35.7 Å². The standard InChI is InChI=1S/C22H19N3O4S/c1-27-16-9-11-17(12-10-16)28-13-21-24-25-22(29-21)30-14-20(26)23-19-8-4-6-15-5-2-3-7-18(15)19/h2-12H,13-14H2,1H3,(H,23,26). The molecule has 0 aliphatic heterocycles. The molecule has 7 nitrogen and oxygen atoms in total. The number of hydrogen-bond donors (Lipinski definition) is 1. The van der Waals surface area contributed by atoms with Crippen LogP contribution in [0.25, 0.3) is 10.8 Å². The van der Waals surface area contributed by atoms with Gasteiger partial charge >= 0.3 is 0 Å². The summed E-state index contributed by atoms with van der Waals surface area (Å²) in [6, 6.07) is 20.9. The summed E-state index contributed by atoms with van der Waals surface area (Å²) in [5.41, 5.74) is 0.776. The zero-order valence-corrected chi connectivity index (χ0v) is 17.0. The fourth-order valence-electron chi connectivity index (χ4n) is 2.82. The molecule has 0 bridgehead atoms. The topological polar surface area (TPSA) is 86.5 Å². The van der Waals surface area contributed by atoms with Crippen LogP contribution in [0.3, 0.4) is 0 Å². The van der Waals surface area contributed by atoms with Gasteiger partial charge in [-0.2, -0.15) is 0 Å². The zero-order chi connectivity index (χ0) is 20.8. The van der Waals surface area contributed by atoms with Gasteiger partial charge in [0.2, 0.25) is 5.91 Å².